The highest BCUT2D eigenvalue weighted by molar-refractivity contribution is 7.19. The first kappa shape index (κ1) is 20.3. The summed E-state index contributed by atoms with van der Waals surface area (Å²) in [5.74, 6) is 0. The summed E-state index contributed by atoms with van der Waals surface area (Å²) in [6, 6.07) is 22.6. The van der Waals surface area contributed by atoms with E-state index in [1.165, 1.54) is 48.0 Å². The molecule has 2 heterocycles. The SMILES string of the molecule is CN(CCC(c1cc2ccccc2s1)N1CCCC1)Cc1ccccc1.Cl. The second kappa shape index (κ2) is 9.70. The molecule has 1 atom stereocenters. The van der Waals surface area contributed by atoms with Crippen LogP contribution in [0.3, 0.4) is 0 Å². The number of fused-ring (bicyclic) bond motifs is 1. The molecule has 3 aromatic rings. The summed E-state index contributed by atoms with van der Waals surface area (Å²) < 4.78 is 1.42. The van der Waals surface area contributed by atoms with Gasteiger partial charge in [-0.05, 0) is 62.5 Å². The number of hydrogen-bond acceptors (Lipinski definition) is 3. The van der Waals surface area contributed by atoms with E-state index in [0.717, 1.165) is 13.1 Å². The molecule has 4 rings (SSSR count). The Labute approximate surface area is 173 Å². The summed E-state index contributed by atoms with van der Waals surface area (Å²) in [5, 5.41) is 1.40. The zero-order valence-corrected chi connectivity index (χ0v) is 17.6. The maximum Gasteiger partial charge on any atom is 0.0454 e. The topological polar surface area (TPSA) is 6.48 Å². The van der Waals surface area contributed by atoms with E-state index in [9.17, 15) is 0 Å². The second-order valence-electron chi connectivity index (χ2n) is 7.46. The molecule has 0 spiro atoms. The Bertz CT molecular complexity index is 794. The van der Waals surface area contributed by atoms with Gasteiger partial charge in [0.1, 0.15) is 0 Å². The third-order valence-electron chi connectivity index (χ3n) is 5.43. The van der Waals surface area contributed by atoms with E-state index in [2.05, 4.69) is 77.5 Å². The van der Waals surface area contributed by atoms with Crippen LogP contribution >= 0.6 is 23.7 Å². The largest absolute Gasteiger partial charge is 0.302 e. The van der Waals surface area contributed by atoms with E-state index in [1.54, 1.807) is 4.88 Å². The van der Waals surface area contributed by atoms with Crippen LogP contribution < -0.4 is 0 Å². The van der Waals surface area contributed by atoms with Gasteiger partial charge in [-0.15, -0.1) is 23.7 Å². The molecule has 0 radical (unpaired) electrons. The number of nitrogens with zero attached hydrogens (tertiary/aromatic N) is 2. The monoisotopic (exact) mass is 400 g/mol. The molecule has 4 heteroatoms. The lowest BCUT2D eigenvalue weighted by Gasteiger charge is -2.28. The minimum atomic E-state index is 0. The van der Waals surface area contributed by atoms with Gasteiger partial charge in [0.25, 0.3) is 0 Å². The van der Waals surface area contributed by atoms with E-state index < -0.39 is 0 Å². The zero-order valence-electron chi connectivity index (χ0n) is 16.0. The number of rotatable bonds is 7. The molecular formula is C23H29ClN2S. The summed E-state index contributed by atoms with van der Waals surface area (Å²) in [4.78, 5) is 6.72. The molecule has 2 nitrogen and oxygen atoms in total. The minimum absolute atomic E-state index is 0. The maximum absolute atomic E-state index is 2.71. The van der Waals surface area contributed by atoms with Crippen molar-refractivity contribution >= 4 is 33.8 Å². The summed E-state index contributed by atoms with van der Waals surface area (Å²) >= 11 is 1.99. The molecular weight excluding hydrogens is 372 g/mol. The highest BCUT2D eigenvalue weighted by atomic mass is 35.5. The molecule has 2 aromatic carbocycles. The molecule has 0 bridgehead atoms. The molecule has 0 N–H and O–H groups in total. The Morgan fingerprint density at radius 2 is 1.70 bits per heavy atom. The lowest BCUT2D eigenvalue weighted by molar-refractivity contribution is 0.206. The minimum Gasteiger partial charge on any atom is -0.302 e. The summed E-state index contributed by atoms with van der Waals surface area (Å²) in [6.07, 6.45) is 3.90. The van der Waals surface area contributed by atoms with Crippen LogP contribution in [-0.4, -0.2) is 36.5 Å². The first-order valence-corrected chi connectivity index (χ1v) is 10.6. The van der Waals surface area contributed by atoms with E-state index in [1.807, 2.05) is 11.3 Å². The third-order valence-corrected chi connectivity index (χ3v) is 6.65. The predicted octanol–water partition coefficient (Wildman–Crippen LogP) is 5.98. The van der Waals surface area contributed by atoms with Gasteiger partial charge in [-0.1, -0.05) is 48.5 Å². The number of halogens is 1. The summed E-state index contributed by atoms with van der Waals surface area (Å²) in [6.45, 7) is 4.66. The van der Waals surface area contributed by atoms with Gasteiger partial charge in [0, 0.05) is 28.7 Å². The van der Waals surface area contributed by atoms with Crippen LogP contribution in [0.25, 0.3) is 10.1 Å². The van der Waals surface area contributed by atoms with Crippen LogP contribution in [0, 0.1) is 0 Å². The van der Waals surface area contributed by atoms with Crippen LogP contribution in [0.2, 0.25) is 0 Å². The quantitative estimate of drug-likeness (QED) is 0.481. The van der Waals surface area contributed by atoms with Crippen molar-refractivity contribution in [3.63, 3.8) is 0 Å². The lowest BCUT2D eigenvalue weighted by Crippen LogP contribution is -2.29. The van der Waals surface area contributed by atoms with E-state index in [4.69, 9.17) is 0 Å². The van der Waals surface area contributed by atoms with Gasteiger partial charge in [-0.3, -0.25) is 4.90 Å². The van der Waals surface area contributed by atoms with Crippen molar-refractivity contribution in [1.29, 1.82) is 0 Å². The average Bonchev–Trinajstić information content (AvgIpc) is 3.32. The van der Waals surface area contributed by atoms with Crippen molar-refractivity contribution in [1.82, 2.24) is 9.80 Å². The molecule has 144 valence electrons. The fourth-order valence-corrected chi connectivity index (χ4v) is 5.28. The van der Waals surface area contributed by atoms with Crippen LogP contribution in [0.4, 0.5) is 0 Å². The molecule has 0 saturated carbocycles. The van der Waals surface area contributed by atoms with Gasteiger partial charge < -0.3 is 4.90 Å². The smallest absolute Gasteiger partial charge is 0.0454 e. The van der Waals surface area contributed by atoms with Crippen LogP contribution in [-0.2, 0) is 6.54 Å². The molecule has 1 aliphatic heterocycles. The van der Waals surface area contributed by atoms with Gasteiger partial charge in [0.2, 0.25) is 0 Å². The normalized spacial score (nSPS) is 15.9. The molecule has 1 unspecified atom stereocenters. The van der Waals surface area contributed by atoms with Crippen molar-refractivity contribution < 1.29 is 0 Å². The fourth-order valence-electron chi connectivity index (χ4n) is 4.04. The van der Waals surface area contributed by atoms with Crippen molar-refractivity contribution in [3.8, 4) is 0 Å². The van der Waals surface area contributed by atoms with Crippen LogP contribution in [0.5, 0.6) is 0 Å². The Hall–Kier alpha value is -1.39. The van der Waals surface area contributed by atoms with E-state index in [-0.39, 0.29) is 12.4 Å². The molecule has 1 fully saturated rings. The van der Waals surface area contributed by atoms with Gasteiger partial charge in [0.05, 0.1) is 0 Å². The van der Waals surface area contributed by atoms with Crippen molar-refractivity contribution in [2.45, 2.75) is 31.8 Å². The number of likely N-dealkylation sites (tertiary alicyclic amines) is 1. The number of thiophene rings is 1. The van der Waals surface area contributed by atoms with Crippen molar-refractivity contribution in [2.75, 3.05) is 26.7 Å². The van der Waals surface area contributed by atoms with E-state index >= 15 is 0 Å². The van der Waals surface area contributed by atoms with Crippen molar-refractivity contribution in [3.05, 3.63) is 71.1 Å². The van der Waals surface area contributed by atoms with E-state index in [0.29, 0.717) is 6.04 Å². The van der Waals surface area contributed by atoms with Gasteiger partial charge in [-0.2, -0.15) is 0 Å². The van der Waals surface area contributed by atoms with Gasteiger partial charge >= 0.3 is 0 Å². The third kappa shape index (κ3) is 5.11. The molecule has 0 amide bonds. The molecule has 1 saturated heterocycles. The summed E-state index contributed by atoms with van der Waals surface area (Å²) in [7, 11) is 2.25. The zero-order chi connectivity index (χ0) is 17.8. The van der Waals surface area contributed by atoms with Crippen LogP contribution in [0.1, 0.15) is 35.7 Å². The van der Waals surface area contributed by atoms with Gasteiger partial charge in [-0.25, -0.2) is 0 Å². The Morgan fingerprint density at radius 1 is 1.00 bits per heavy atom. The first-order chi connectivity index (χ1) is 12.8. The average molecular weight is 401 g/mol. The number of benzene rings is 2. The van der Waals surface area contributed by atoms with Crippen molar-refractivity contribution in [2.24, 2.45) is 0 Å². The second-order valence-corrected chi connectivity index (χ2v) is 8.57. The Balaban J connectivity index is 0.00000210. The van der Waals surface area contributed by atoms with Gasteiger partial charge in [0.15, 0.2) is 0 Å². The lowest BCUT2D eigenvalue weighted by atomic mass is 10.1. The maximum atomic E-state index is 2.71. The molecule has 0 aliphatic carbocycles. The highest BCUT2D eigenvalue weighted by Gasteiger charge is 2.25. The highest BCUT2D eigenvalue weighted by Crippen LogP contribution is 2.36. The fraction of sp³-hybridized carbons (Fsp3) is 0.391. The Kier molecular flexibility index (Phi) is 7.31. The summed E-state index contributed by atoms with van der Waals surface area (Å²) in [5.41, 5.74) is 1.40. The first-order valence-electron chi connectivity index (χ1n) is 9.74. The molecule has 1 aliphatic rings. The van der Waals surface area contributed by atoms with Crippen LogP contribution in [0.15, 0.2) is 60.7 Å². The standard InChI is InChI=1S/C23H28N2S.ClH/c1-24(18-19-9-3-2-4-10-19)16-13-21(25-14-7-8-15-25)23-17-20-11-5-6-12-22(20)26-23;/h2-6,9-12,17,21H,7-8,13-16,18H2,1H3;1H. The molecule has 27 heavy (non-hydrogen) atoms. The predicted molar refractivity (Wildman–Crippen MR) is 120 cm³/mol. The molecule has 1 aromatic heterocycles. The Morgan fingerprint density at radius 3 is 2.44 bits per heavy atom. The number of hydrogen-bond donors (Lipinski definition) is 0.